The Morgan fingerprint density at radius 1 is 1.29 bits per heavy atom. The molecule has 0 spiro atoms. The Morgan fingerprint density at radius 3 is 2.76 bits per heavy atom. The molecule has 0 aromatic carbocycles. The maximum atomic E-state index is 5.76. The molecule has 6 nitrogen and oxygen atoms in total. The molecule has 0 saturated heterocycles. The minimum atomic E-state index is 0.514. The Balaban J connectivity index is 1.74. The second-order valence-corrected chi connectivity index (χ2v) is 5.00. The maximum Gasteiger partial charge on any atom is 0.191 e. The van der Waals surface area contributed by atoms with Crippen LogP contribution in [0.1, 0.15) is 11.1 Å². The van der Waals surface area contributed by atoms with Crippen molar-refractivity contribution in [3.8, 4) is 0 Å². The molecule has 0 amide bonds. The minimum Gasteiger partial charge on any atom is -0.356 e. The van der Waals surface area contributed by atoms with Gasteiger partial charge in [0, 0.05) is 45.1 Å². The summed E-state index contributed by atoms with van der Waals surface area (Å²) in [6.45, 7) is 1.46. The first kappa shape index (κ1) is 15.3. The third-order valence-electron chi connectivity index (χ3n) is 2.94. The molecule has 0 fully saturated rings. The molecule has 0 aliphatic heterocycles. The van der Waals surface area contributed by atoms with Crippen LogP contribution in [0.4, 0.5) is 0 Å². The largest absolute Gasteiger partial charge is 0.356 e. The van der Waals surface area contributed by atoms with Gasteiger partial charge in [-0.25, -0.2) is 4.98 Å². The first-order valence-corrected chi connectivity index (χ1v) is 7.07. The summed E-state index contributed by atoms with van der Waals surface area (Å²) in [5.74, 6) is 0.765. The molecular weight excluding hydrogens is 288 g/mol. The predicted octanol–water partition coefficient (Wildman–Crippen LogP) is 1.38. The summed E-state index contributed by atoms with van der Waals surface area (Å²) in [6.07, 6.45) is 6.45. The molecule has 0 saturated carbocycles. The molecule has 2 heterocycles. The summed E-state index contributed by atoms with van der Waals surface area (Å²) in [5, 5.41) is 11.1. The number of nitrogens with one attached hydrogen (secondary N) is 2. The van der Waals surface area contributed by atoms with E-state index in [0.29, 0.717) is 11.7 Å². The van der Waals surface area contributed by atoms with Crippen LogP contribution in [0.15, 0.2) is 35.7 Å². The average molecular weight is 307 g/mol. The summed E-state index contributed by atoms with van der Waals surface area (Å²) in [6, 6.07) is 3.77. The van der Waals surface area contributed by atoms with E-state index in [1.54, 1.807) is 24.0 Å². The third kappa shape index (κ3) is 5.07. The fourth-order valence-corrected chi connectivity index (χ4v) is 1.96. The van der Waals surface area contributed by atoms with Crippen LogP contribution in [0.25, 0.3) is 0 Å². The number of nitrogens with zero attached hydrogens (tertiary/aromatic N) is 4. The lowest BCUT2D eigenvalue weighted by molar-refractivity contribution is 0.764. The third-order valence-corrected chi connectivity index (χ3v) is 3.16. The van der Waals surface area contributed by atoms with E-state index in [2.05, 4.69) is 25.7 Å². The lowest BCUT2D eigenvalue weighted by Gasteiger charge is -2.11. The second-order valence-electron chi connectivity index (χ2n) is 4.61. The molecule has 21 heavy (non-hydrogen) atoms. The molecule has 0 bridgehead atoms. The van der Waals surface area contributed by atoms with Crippen molar-refractivity contribution in [1.82, 2.24) is 25.4 Å². The monoisotopic (exact) mass is 306 g/mol. The van der Waals surface area contributed by atoms with Crippen LogP contribution in [-0.2, 0) is 20.0 Å². The molecule has 2 N–H and O–H groups in total. The topological polar surface area (TPSA) is 67.1 Å². The van der Waals surface area contributed by atoms with Gasteiger partial charge in [0.1, 0.15) is 5.15 Å². The number of aromatic nitrogens is 3. The summed E-state index contributed by atoms with van der Waals surface area (Å²) < 4.78 is 1.78. The average Bonchev–Trinajstić information content (AvgIpc) is 2.90. The van der Waals surface area contributed by atoms with Gasteiger partial charge >= 0.3 is 0 Å². The minimum absolute atomic E-state index is 0.514. The Morgan fingerprint density at radius 2 is 2.14 bits per heavy atom. The maximum absolute atomic E-state index is 5.76. The van der Waals surface area contributed by atoms with Gasteiger partial charge in [-0.1, -0.05) is 17.7 Å². The molecule has 0 aliphatic carbocycles. The van der Waals surface area contributed by atoms with Crippen LogP contribution in [-0.4, -0.2) is 34.3 Å². The molecule has 0 atom stereocenters. The number of rotatable bonds is 5. The summed E-state index contributed by atoms with van der Waals surface area (Å²) in [4.78, 5) is 8.24. The first-order valence-electron chi connectivity index (χ1n) is 6.70. The van der Waals surface area contributed by atoms with Gasteiger partial charge in [0.05, 0.1) is 6.20 Å². The fourth-order valence-electron chi connectivity index (χ4n) is 1.85. The Hall–Kier alpha value is -2.08. The van der Waals surface area contributed by atoms with E-state index in [0.717, 1.165) is 30.1 Å². The van der Waals surface area contributed by atoms with Crippen molar-refractivity contribution in [2.45, 2.75) is 13.0 Å². The molecule has 0 unspecified atom stereocenters. The van der Waals surface area contributed by atoms with Crippen LogP contribution < -0.4 is 10.6 Å². The standard InChI is InChI=1S/C14H19ClN6/c1-16-14(19-8-12-9-20-21(2)10-12)17-6-5-11-3-4-13(15)18-7-11/h3-4,7,9-10H,5-6,8H2,1-2H3,(H2,16,17,19). The number of aliphatic imine (C=N–C) groups is 1. The molecule has 2 rings (SSSR count). The number of halogens is 1. The van der Waals surface area contributed by atoms with Crippen molar-refractivity contribution in [1.29, 1.82) is 0 Å². The number of guanidine groups is 1. The van der Waals surface area contributed by atoms with Crippen LogP contribution in [0.2, 0.25) is 5.15 Å². The first-order chi connectivity index (χ1) is 10.2. The van der Waals surface area contributed by atoms with Crippen molar-refractivity contribution in [3.63, 3.8) is 0 Å². The van der Waals surface area contributed by atoms with Crippen molar-refractivity contribution >= 4 is 17.6 Å². The van der Waals surface area contributed by atoms with Crippen molar-refractivity contribution in [3.05, 3.63) is 47.0 Å². The van der Waals surface area contributed by atoms with Gasteiger partial charge in [0.2, 0.25) is 0 Å². The normalized spacial score (nSPS) is 11.5. The van der Waals surface area contributed by atoms with E-state index < -0.39 is 0 Å². The highest BCUT2D eigenvalue weighted by Crippen LogP contribution is 2.05. The van der Waals surface area contributed by atoms with Crippen LogP contribution >= 0.6 is 11.6 Å². The molecule has 0 radical (unpaired) electrons. The van der Waals surface area contributed by atoms with E-state index in [1.165, 1.54) is 0 Å². The van der Waals surface area contributed by atoms with E-state index in [1.807, 2.05) is 25.5 Å². The van der Waals surface area contributed by atoms with E-state index in [-0.39, 0.29) is 0 Å². The molecular formula is C14H19ClN6. The van der Waals surface area contributed by atoms with E-state index in [9.17, 15) is 0 Å². The van der Waals surface area contributed by atoms with Crippen LogP contribution in [0, 0.1) is 0 Å². The van der Waals surface area contributed by atoms with Gasteiger partial charge in [-0.15, -0.1) is 0 Å². The number of hydrogen-bond donors (Lipinski definition) is 2. The quantitative estimate of drug-likeness (QED) is 0.497. The second kappa shape index (κ2) is 7.64. The van der Waals surface area contributed by atoms with E-state index in [4.69, 9.17) is 11.6 Å². The smallest absolute Gasteiger partial charge is 0.191 e. The van der Waals surface area contributed by atoms with E-state index >= 15 is 0 Å². The highest BCUT2D eigenvalue weighted by atomic mass is 35.5. The SMILES string of the molecule is CN=C(NCCc1ccc(Cl)nc1)NCc1cnn(C)c1. The zero-order chi connectivity index (χ0) is 15.1. The van der Waals surface area contributed by atoms with Gasteiger partial charge in [-0.2, -0.15) is 5.10 Å². The lowest BCUT2D eigenvalue weighted by Crippen LogP contribution is -2.37. The summed E-state index contributed by atoms with van der Waals surface area (Å²) in [5.41, 5.74) is 2.25. The van der Waals surface area contributed by atoms with Crippen LogP contribution in [0.3, 0.4) is 0 Å². The molecule has 112 valence electrons. The number of hydrogen-bond acceptors (Lipinski definition) is 3. The van der Waals surface area contributed by atoms with Gasteiger partial charge in [-0.3, -0.25) is 9.67 Å². The van der Waals surface area contributed by atoms with Crippen LogP contribution in [0.5, 0.6) is 0 Å². The van der Waals surface area contributed by atoms with Gasteiger partial charge in [-0.05, 0) is 18.1 Å². The lowest BCUT2D eigenvalue weighted by atomic mass is 10.2. The number of pyridine rings is 1. The van der Waals surface area contributed by atoms with Crippen molar-refractivity contribution in [2.75, 3.05) is 13.6 Å². The Kier molecular flexibility index (Phi) is 5.57. The van der Waals surface area contributed by atoms with Crippen molar-refractivity contribution in [2.24, 2.45) is 12.0 Å². The summed E-state index contributed by atoms with van der Waals surface area (Å²) >= 11 is 5.76. The molecule has 2 aromatic rings. The number of aryl methyl sites for hydroxylation is 1. The molecule has 7 heteroatoms. The zero-order valence-electron chi connectivity index (χ0n) is 12.2. The Bertz CT molecular complexity index is 590. The van der Waals surface area contributed by atoms with Crippen molar-refractivity contribution < 1.29 is 0 Å². The predicted molar refractivity (Wildman–Crippen MR) is 84.4 cm³/mol. The highest BCUT2D eigenvalue weighted by Gasteiger charge is 2.00. The van der Waals surface area contributed by atoms with Gasteiger partial charge < -0.3 is 10.6 Å². The summed E-state index contributed by atoms with van der Waals surface area (Å²) in [7, 11) is 3.65. The van der Waals surface area contributed by atoms with Gasteiger partial charge in [0.25, 0.3) is 0 Å². The zero-order valence-corrected chi connectivity index (χ0v) is 12.9. The molecule has 0 aliphatic rings. The van der Waals surface area contributed by atoms with Gasteiger partial charge in [0.15, 0.2) is 5.96 Å². The Labute approximate surface area is 129 Å². The highest BCUT2D eigenvalue weighted by molar-refractivity contribution is 6.29. The molecule has 2 aromatic heterocycles. The fraction of sp³-hybridized carbons (Fsp3) is 0.357.